The largest absolute Gasteiger partial charge is 0.454 e. The summed E-state index contributed by atoms with van der Waals surface area (Å²) in [6.07, 6.45) is 1.50. The minimum Gasteiger partial charge on any atom is -0.454 e. The van der Waals surface area contributed by atoms with E-state index in [4.69, 9.17) is 9.47 Å². The van der Waals surface area contributed by atoms with Gasteiger partial charge in [-0.05, 0) is 44.0 Å². The highest BCUT2D eigenvalue weighted by Gasteiger charge is 2.41. The third kappa shape index (κ3) is 2.91. The zero-order valence-corrected chi connectivity index (χ0v) is 13.6. The SMILES string of the molecule is CC(C=O)NC(=O)C1CC(C)C(c2ccc3c(c2)OCO3)N1C. The van der Waals surface area contributed by atoms with Crippen LogP contribution in [0.1, 0.15) is 31.9 Å². The van der Waals surface area contributed by atoms with Crippen LogP contribution >= 0.6 is 0 Å². The van der Waals surface area contributed by atoms with Crippen LogP contribution in [0.15, 0.2) is 18.2 Å². The predicted molar refractivity (Wildman–Crippen MR) is 84.3 cm³/mol. The van der Waals surface area contributed by atoms with Crippen molar-refractivity contribution >= 4 is 12.2 Å². The van der Waals surface area contributed by atoms with Crippen LogP contribution in [0.25, 0.3) is 0 Å². The third-order valence-electron chi connectivity index (χ3n) is 4.68. The number of ether oxygens (including phenoxy) is 2. The molecule has 4 atom stereocenters. The number of fused-ring (bicyclic) bond motifs is 1. The number of benzene rings is 1. The van der Waals surface area contributed by atoms with Crippen LogP contribution in [-0.4, -0.2) is 43.0 Å². The van der Waals surface area contributed by atoms with Gasteiger partial charge in [0.2, 0.25) is 12.7 Å². The Morgan fingerprint density at radius 1 is 1.39 bits per heavy atom. The van der Waals surface area contributed by atoms with Gasteiger partial charge in [-0.15, -0.1) is 0 Å². The molecule has 1 N–H and O–H groups in total. The molecule has 1 saturated heterocycles. The van der Waals surface area contributed by atoms with Crippen molar-refractivity contribution in [1.29, 1.82) is 0 Å². The quantitative estimate of drug-likeness (QED) is 0.852. The van der Waals surface area contributed by atoms with E-state index in [-0.39, 0.29) is 24.8 Å². The van der Waals surface area contributed by atoms with Crippen LogP contribution in [0.3, 0.4) is 0 Å². The summed E-state index contributed by atoms with van der Waals surface area (Å²) in [4.78, 5) is 25.2. The summed E-state index contributed by atoms with van der Waals surface area (Å²) in [5.41, 5.74) is 1.11. The predicted octanol–water partition coefficient (Wildman–Crippen LogP) is 1.50. The zero-order chi connectivity index (χ0) is 16.6. The Labute approximate surface area is 135 Å². The van der Waals surface area contributed by atoms with Crippen molar-refractivity contribution in [2.45, 2.75) is 38.4 Å². The van der Waals surface area contributed by atoms with Gasteiger partial charge in [-0.3, -0.25) is 9.69 Å². The maximum Gasteiger partial charge on any atom is 0.237 e. The standard InChI is InChI=1S/C17H22N2O4/c1-10-6-13(17(21)18-11(2)8-20)19(3)16(10)12-4-5-14-15(7-12)23-9-22-14/h4-5,7-8,10-11,13,16H,6,9H2,1-3H3,(H,18,21). The van der Waals surface area contributed by atoms with Crippen molar-refractivity contribution in [3.05, 3.63) is 23.8 Å². The van der Waals surface area contributed by atoms with Crippen LogP contribution in [0.2, 0.25) is 0 Å². The molecule has 0 aromatic heterocycles. The normalized spacial score (nSPS) is 27.7. The highest BCUT2D eigenvalue weighted by Crippen LogP contribution is 2.43. The topological polar surface area (TPSA) is 67.9 Å². The third-order valence-corrected chi connectivity index (χ3v) is 4.68. The van der Waals surface area contributed by atoms with Crippen molar-refractivity contribution < 1.29 is 19.1 Å². The molecule has 1 aromatic carbocycles. The van der Waals surface area contributed by atoms with Crippen LogP contribution in [0.4, 0.5) is 0 Å². The second-order valence-corrected chi connectivity index (χ2v) is 6.39. The van der Waals surface area contributed by atoms with Crippen molar-refractivity contribution in [3.63, 3.8) is 0 Å². The van der Waals surface area contributed by atoms with Gasteiger partial charge in [0.25, 0.3) is 0 Å². The van der Waals surface area contributed by atoms with E-state index < -0.39 is 6.04 Å². The number of carbonyl (C=O) groups is 2. The zero-order valence-electron chi connectivity index (χ0n) is 13.6. The molecule has 0 aliphatic carbocycles. The number of carbonyl (C=O) groups excluding carboxylic acids is 2. The van der Waals surface area contributed by atoms with E-state index in [0.29, 0.717) is 5.92 Å². The molecule has 1 aromatic rings. The van der Waals surface area contributed by atoms with Gasteiger partial charge < -0.3 is 19.6 Å². The molecule has 6 heteroatoms. The summed E-state index contributed by atoms with van der Waals surface area (Å²) in [5, 5.41) is 2.74. The number of likely N-dealkylation sites (tertiary alicyclic amines) is 1. The van der Waals surface area contributed by atoms with Crippen LogP contribution in [-0.2, 0) is 9.59 Å². The Bertz CT molecular complexity index is 619. The Balaban J connectivity index is 1.78. The van der Waals surface area contributed by atoms with Crippen LogP contribution in [0, 0.1) is 5.92 Å². The molecule has 2 aliphatic heterocycles. The van der Waals surface area contributed by atoms with Gasteiger partial charge in [-0.1, -0.05) is 13.0 Å². The molecular weight excluding hydrogens is 296 g/mol. The lowest BCUT2D eigenvalue weighted by atomic mass is 9.94. The lowest BCUT2D eigenvalue weighted by Crippen LogP contribution is -2.45. The van der Waals surface area contributed by atoms with Crippen molar-refractivity contribution in [2.75, 3.05) is 13.8 Å². The molecular formula is C17H22N2O4. The van der Waals surface area contributed by atoms with E-state index in [1.54, 1.807) is 6.92 Å². The Morgan fingerprint density at radius 3 is 2.87 bits per heavy atom. The molecule has 23 heavy (non-hydrogen) atoms. The number of aldehydes is 1. The molecule has 1 amide bonds. The van der Waals surface area contributed by atoms with E-state index in [0.717, 1.165) is 29.8 Å². The van der Waals surface area contributed by atoms with Gasteiger partial charge >= 0.3 is 0 Å². The fraction of sp³-hybridized carbons (Fsp3) is 0.529. The first-order chi connectivity index (χ1) is 11.0. The van der Waals surface area contributed by atoms with E-state index >= 15 is 0 Å². The monoisotopic (exact) mass is 318 g/mol. The number of likely N-dealkylation sites (N-methyl/N-ethyl adjacent to an activating group) is 1. The molecule has 3 rings (SSSR count). The number of nitrogens with zero attached hydrogens (tertiary/aromatic N) is 1. The number of rotatable bonds is 4. The minimum absolute atomic E-state index is 0.0952. The van der Waals surface area contributed by atoms with Crippen LogP contribution in [0.5, 0.6) is 11.5 Å². The van der Waals surface area contributed by atoms with Gasteiger partial charge in [-0.2, -0.15) is 0 Å². The molecule has 0 bridgehead atoms. The van der Waals surface area contributed by atoms with Gasteiger partial charge in [0.05, 0.1) is 12.1 Å². The molecule has 6 nitrogen and oxygen atoms in total. The molecule has 0 spiro atoms. The summed E-state index contributed by atoms with van der Waals surface area (Å²) >= 11 is 0. The van der Waals surface area contributed by atoms with Crippen LogP contribution < -0.4 is 14.8 Å². The average Bonchev–Trinajstić information content (AvgIpc) is 3.10. The van der Waals surface area contributed by atoms with E-state index in [1.807, 2.05) is 25.2 Å². The first-order valence-corrected chi connectivity index (χ1v) is 7.88. The van der Waals surface area contributed by atoms with E-state index in [9.17, 15) is 9.59 Å². The summed E-state index contributed by atoms with van der Waals surface area (Å²) in [6, 6.07) is 5.37. The summed E-state index contributed by atoms with van der Waals surface area (Å²) < 4.78 is 10.8. The highest BCUT2D eigenvalue weighted by atomic mass is 16.7. The molecule has 124 valence electrons. The van der Waals surface area contributed by atoms with Gasteiger partial charge in [0.15, 0.2) is 11.5 Å². The lowest BCUT2D eigenvalue weighted by molar-refractivity contribution is -0.127. The molecule has 1 fully saturated rings. The number of amides is 1. The molecule has 0 radical (unpaired) electrons. The van der Waals surface area contributed by atoms with Gasteiger partial charge in [0.1, 0.15) is 6.29 Å². The second kappa shape index (κ2) is 6.20. The Hall–Kier alpha value is -2.08. The first kappa shape index (κ1) is 15.8. The minimum atomic E-state index is -0.462. The second-order valence-electron chi connectivity index (χ2n) is 6.39. The van der Waals surface area contributed by atoms with Crippen molar-refractivity contribution in [2.24, 2.45) is 5.92 Å². The van der Waals surface area contributed by atoms with Crippen molar-refractivity contribution in [3.8, 4) is 11.5 Å². The molecule has 0 saturated carbocycles. The fourth-order valence-electron chi connectivity index (χ4n) is 3.55. The highest BCUT2D eigenvalue weighted by molar-refractivity contribution is 5.84. The maximum atomic E-state index is 12.4. The fourth-order valence-corrected chi connectivity index (χ4v) is 3.55. The average molecular weight is 318 g/mol. The maximum absolute atomic E-state index is 12.4. The Kier molecular flexibility index (Phi) is 4.26. The summed E-state index contributed by atoms with van der Waals surface area (Å²) in [7, 11) is 1.95. The van der Waals surface area contributed by atoms with E-state index in [1.165, 1.54) is 0 Å². The summed E-state index contributed by atoms with van der Waals surface area (Å²) in [6.45, 7) is 4.07. The van der Waals surface area contributed by atoms with Gasteiger partial charge in [0, 0.05) is 6.04 Å². The lowest BCUT2D eigenvalue weighted by Gasteiger charge is -2.27. The van der Waals surface area contributed by atoms with Crippen molar-refractivity contribution in [1.82, 2.24) is 10.2 Å². The smallest absolute Gasteiger partial charge is 0.237 e. The number of hydrogen-bond donors (Lipinski definition) is 1. The number of hydrogen-bond acceptors (Lipinski definition) is 5. The summed E-state index contributed by atoms with van der Waals surface area (Å²) in [5.74, 6) is 1.74. The molecule has 2 heterocycles. The van der Waals surface area contributed by atoms with Gasteiger partial charge in [-0.25, -0.2) is 0 Å². The molecule has 4 unspecified atom stereocenters. The van der Waals surface area contributed by atoms with E-state index in [2.05, 4.69) is 17.1 Å². The molecule has 2 aliphatic rings. The Morgan fingerprint density at radius 2 is 2.13 bits per heavy atom. The number of nitrogens with one attached hydrogen (secondary N) is 1. The first-order valence-electron chi connectivity index (χ1n) is 7.88.